The average molecular weight is 406 g/mol. The Labute approximate surface area is 179 Å². The van der Waals surface area contributed by atoms with Crippen LogP contribution in [0, 0.1) is 0 Å². The minimum Gasteiger partial charge on any atom is -0.497 e. The van der Waals surface area contributed by atoms with Crippen molar-refractivity contribution in [3.05, 3.63) is 60.2 Å². The maximum atomic E-state index is 6.34. The van der Waals surface area contributed by atoms with E-state index in [1.165, 1.54) is 37.9 Å². The minimum absolute atomic E-state index is 0.728. The first kappa shape index (κ1) is 20.5. The molecule has 0 radical (unpaired) electrons. The standard InChI is InChI=1S/C26H31NO3/c1-3-20-7-8-21-19-24(28-2)13-14-25(21)26(20)30-23-11-9-22(10-12-23)29-18-17-27-15-5-4-6-16-27/h7-14,19H,3-6,15-18H2,1-2H3. The van der Waals surface area contributed by atoms with Crippen molar-refractivity contribution in [2.45, 2.75) is 32.6 Å². The van der Waals surface area contributed by atoms with Gasteiger partial charge < -0.3 is 14.2 Å². The Bertz CT molecular complexity index is 962. The third kappa shape index (κ3) is 4.88. The van der Waals surface area contributed by atoms with Gasteiger partial charge in [0.1, 0.15) is 29.6 Å². The Hall–Kier alpha value is -2.72. The summed E-state index contributed by atoms with van der Waals surface area (Å²) in [7, 11) is 1.69. The van der Waals surface area contributed by atoms with E-state index in [-0.39, 0.29) is 0 Å². The van der Waals surface area contributed by atoms with E-state index in [1.54, 1.807) is 7.11 Å². The van der Waals surface area contributed by atoms with Crippen LogP contribution in [0.4, 0.5) is 0 Å². The molecule has 0 N–H and O–H groups in total. The van der Waals surface area contributed by atoms with E-state index >= 15 is 0 Å². The molecule has 0 bridgehead atoms. The fourth-order valence-corrected chi connectivity index (χ4v) is 4.05. The monoisotopic (exact) mass is 405 g/mol. The van der Waals surface area contributed by atoms with Crippen LogP contribution in [0.2, 0.25) is 0 Å². The van der Waals surface area contributed by atoms with Gasteiger partial charge in [-0.15, -0.1) is 0 Å². The molecule has 4 nitrogen and oxygen atoms in total. The number of likely N-dealkylation sites (tertiary alicyclic amines) is 1. The summed E-state index contributed by atoms with van der Waals surface area (Å²) in [5, 5.41) is 2.20. The molecule has 30 heavy (non-hydrogen) atoms. The number of methoxy groups -OCH3 is 1. The van der Waals surface area contributed by atoms with Crippen LogP contribution in [0.5, 0.6) is 23.0 Å². The summed E-state index contributed by atoms with van der Waals surface area (Å²) in [5.41, 5.74) is 1.19. The van der Waals surface area contributed by atoms with Gasteiger partial charge in [0.05, 0.1) is 7.11 Å². The van der Waals surface area contributed by atoms with Crippen LogP contribution in [-0.4, -0.2) is 38.3 Å². The molecule has 0 spiro atoms. The largest absolute Gasteiger partial charge is 0.497 e. The smallest absolute Gasteiger partial charge is 0.138 e. The minimum atomic E-state index is 0.728. The highest BCUT2D eigenvalue weighted by atomic mass is 16.5. The summed E-state index contributed by atoms with van der Waals surface area (Å²) < 4.78 is 17.6. The molecule has 3 aromatic rings. The lowest BCUT2D eigenvalue weighted by atomic mass is 10.0. The molecule has 0 atom stereocenters. The number of aryl methyl sites for hydroxylation is 1. The molecule has 0 aliphatic carbocycles. The molecular formula is C26H31NO3. The second kappa shape index (κ2) is 9.86. The average Bonchev–Trinajstić information content (AvgIpc) is 2.80. The molecule has 1 aliphatic heterocycles. The number of fused-ring (bicyclic) bond motifs is 1. The highest BCUT2D eigenvalue weighted by molar-refractivity contribution is 5.91. The van der Waals surface area contributed by atoms with Gasteiger partial charge in [-0.1, -0.05) is 25.5 Å². The third-order valence-electron chi connectivity index (χ3n) is 5.81. The zero-order valence-corrected chi connectivity index (χ0v) is 18.0. The zero-order chi connectivity index (χ0) is 20.8. The highest BCUT2D eigenvalue weighted by Gasteiger charge is 2.11. The van der Waals surface area contributed by atoms with Gasteiger partial charge in [0.25, 0.3) is 0 Å². The summed E-state index contributed by atoms with van der Waals surface area (Å²) in [6.07, 6.45) is 4.90. The van der Waals surface area contributed by atoms with Crippen LogP contribution < -0.4 is 14.2 Å². The van der Waals surface area contributed by atoms with E-state index in [4.69, 9.17) is 14.2 Å². The first-order valence-corrected chi connectivity index (χ1v) is 11.0. The van der Waals surface area contributed by atoms with E-state index in [2.05, 4.69) is 30.0 Å². The summed E-state index contributed by atoms with van der Waals surface area (Å²) in [4.78, 5) is 2.49. The Morgan fingerprint density at radius 2 is 1.57 bits per heavy atom. The summed E-state index contributed by atoms with van der Waals surface area (Å²) in [6, 6.07) is 18.3. The van der Waals surface area contributed by atoms with Crippen molar-refractivity contribution in [1.29, 1.82) is 0 Å². The van der Waals surface area contributed by atoms with Gasteiger partial charge in [0.2, 0.25) is 0 Å². The molecule has 0 saturated carbocycles. The first-order valence-electron chi connectivity index (χ1n) is 11.0. The van der Waals surface area contributed by atoms with Crippen molar-refractivity contribution < 1.29 is 14.2 Å². The number of ether oxygens (including phenoxy) is 3. The molecule has 0 amide bonds. The van der Waals surface area contributed by atoms with Crippen LogP contribution >= 0.6 is 0 Å². The maximum Gasteiger partial charge on any atom is 0.138 e. The Morgan fingerprint density at radius 3 is 2.30 bits per heavy atom. The molecule has 158 valence electrons. The molecule has 0 aromatic heterocycles. The number of benzene rings is 3. The summed E-state index contributed by atoms with van der Waals surface area (Å²) >= 11 is 0. The Balaban J connectivity index is 1.44. The molecule has 1 aliphatic rings. The van der Waals surface area contributed by atoms with Crippen molar-refractivity contribution in [2.75, 3.05) is 33.4 Å². The van der Waals surface area contributed by atoms with E-state index in [0.717, 1.165) is 53.3 Å². The Morgan fingerprint density at radius 1 is 0.833 bits per heavy atom. The zero-order valence-electron chi connectivity index (χ0n) is 18.0. The quantitative estimate of drug-likeness (QED) is 0.455. The van der Waals surface area contributed by atoms with Gasteiger partial charge in [-0.2, -0.15) is 0 Å². The van der Waals surface area contributed by atoms with Crippen LogP contribution in [0.25, 0.3) is 10.8 Å². The molecule has 4 rings (SSSR count). The van der Waals surface area contributed by atoms with Crippen LogP contribution in [0.15, 0.2) is 54.6 Å². The predicted molar refractivity (Wildman–Crippen MR) is 122 cm³/mol. The molecule has 1 saturated heterocycles. The van der Waals surface area contributed by atoms with Gasteiger partial charge in [-0.05, 0) is 85.8 Å². The van der Waals surface area contributed by atoms with Gasteiger partial charge in [-0.3, -0.25) is 4.90 Å². The fourth-order valence-electron chi connectivity index (χ4n) is 4.05. The third-order valence-corrected chi connectivity index (χ3v) is 5.81. The second-order valence-corrected chi connectivity index (χ2v) is 7.82. The summed E-state index contributed by atoms with van der Waals surface area (Å²) in [5.74, 6) is 3.47. The van der Waals surface area contributed by atoms with E-state index in [1.807, 2.05) is 36.4 Å². The second-order valence-electron chi connectivity index (χ2n) is 7.82. The lowest BCUT2D eigenvalue weighted by Gasteiger charge is -2.26. The maximum absolute atomic E-state index is 6.34. The van der Waals surface area contributed by atoms with Crippen molar-refractivity contribution in [3.8, 4) is 23.0 Å². The number of hydrogen-bond donors (Lipinski definition) is 0. The van der Waals surface area contributed by atoms with Crippen molar-refractivity contribution >= 4 is 10.8 Å². The lowest BCUT2D eigenvalue weighted by Crippen LogP contribution is -2.33. The van der Waals surface area contributed by atoms with Gasteiger partial charge in [-0.25, -0.2) is 0 Å². The summed E-state index contributed by atoms with van der Waals surface area (Å²) in [6.45, 7) is 6.28. The molecular weight excluding hydrogens is 374 g/mol. The molecule has 4 heteroatoms. The molecule has 3 aromatic carbocycles. The van der Waals surface area contributed by atoms with E-state index in [0.29, 0.717) is 0 Å². The predicted octanol–water partition coefficient (Wildman–Crippen LogP) is 6.07. The number of rotatable bonds is 8. The molecule has 1 fully saturated rings. The van der Waals surface area contributed by atoms with Crippen LogP contribution in [0.3, 0.4) is 0 Å². The van der Waals surface area contributed by atoms with Gasteiger partial charge in [0, 0.05) is 11.9 Å². The van der Waals surface area contributed by atoms with Crippen LogP contribution in [-0.2, 0) is 6.42 Å². The fraction of sp³-hybridized carbons (Fsp3) is 0.385. The van der Waals surface area contributed by atoms with Crippen molar-refractivity contribution in [2.24, 2.45) is 0 Å². The normalized spacial score (nSPS) is 14.6. The topological polar surface area (TPSA) is 30.9 Å². The van der Waals surface area contributed by atoms with Crippen molar-refractivity contribution in [3.63, 3.8) is 0 Å². The highest BCUT2D eigenvalue weighted by Crippen LogP contribution is 2.36. The molecule has 0 unspecified atom stereocenters. The van der Waals surface area contributed by atoms with Gasteiger partial charge in [0.15, 0.2) is 0 Å². The van der Waals surface area contributed by atoms with E-state index < -0.39 is 0 Å². The molecule has 1 heterocycles. The van der Waals surface area contributed by atoms with E-state index in [9.17, 15) is 0 Å². The van der Waals surface area contributed by atoms with Gasteiger partial charge >= 0.3 is 0 Å². The number of piperidine rings is 1. The lowest BCUT2D eigenvalue weighted by molar-refractivity contribution is 0.183. The van der Waals surface area contributed by atoms with Crippen LogP contribution in [0.1, 0.15) is 31.7 Å². The number of nitrogens with zero attached hydrogens (tertiary/aromatic N) is 1. The number of hydrogen-bond acceptors (Lipinski definition) is 4. The SMILES string of the molecule is CCc1ccc2cc(OC)ccc2c1Oc1ccc(OCCN2CCCCC2)cc1. The van der Waals surface area contributed by atoms with Crippen molar-refractivity contribution in [1.82, 2.24) is 4.90 Å². The Kier molecular flexibility index (Phi) is 6.75. The first-order chi connectivity index (χ1) is 14.8.